The van der Waals surface area contributed by atoms with E-state index in [0.717, 1.165) is 50.0 Å². The molecule has 1 aliphatic carbocycles. The van der Waals surface area contributed by atoms with Crippen LogP contribution in [-0.4, -0.2) is 42.6 Å². The molecular formula is C26H22BrN5O2. The lowest BCUT2D eigenvalue weighted by Crippen LogP contribution is -2.43. The summed E-state index contributed by atoms with van der Waals surface area (Å²) in [7, 11) is 0. The fraction of sp³-hybridized carbons (Fsp3) is 0.308. The molecule has 0 bridgehead atoms. The van der Waals surface area contributed by atoms with Gasteiger partial charge in [-0.25, -0.2) is 14.8 Å². The van der Waals surface area contributed by atoms with Crippen molar-refractivity contribution in [3.05, 3.63) is 52.9 Å². The molecule has 0 radical (unpaired) electrons. The maximum absolute atomic E-state index is 13.0. The van der Waals surface area contributed by atoms with Crippen molar-refractivity contribution < 1.29 is 9.53 Å². The van der Waals surface area contributed by atoms with E-state index in [0.29, 0.717) is 0 Å². The quantitative estimate of drug-likeness (QED) is 0.350. The van der Waals surface area contributed by atoms with Crippen molar-refractivity contribution in [2.75, 3.05) is 0 Å². The molecule has 1 N–H and O–H groups in total. The zero-order chi connectivity index (χ0) is 23.6. The Morgan fingerprint density at radius 3 is 2.71 bits per heavy atom. The lowest BCUT2D eigenvalue weighted by Gasteiger charge is -2.31. The Hall–Kier alpha value is -3.44. The van der Waals surface area contributed by atoms with Crippen LogP contribution < -0.4 is 0 Å². The van der Waals surface area contributed by atoms with Crippen LogP contribution in [0.5, 0.6) is 0 Å². The van der Waals surface area contributed by atoms with Crippen LogP contribution in [0, 0.1) is 17.8 Å². The fourth-order valence-electron chi connectivity index (χ4n) is 4.54. The molecule has 0 spiro atoms. The summed E-state index contributed by atoms with van der Waals surface area (Å²) in [5.41, 5.74) is 4.55. The number of hydrogen-bond acceptors (Lipinski definition) is 5. The number of imidazole rings is 1. The van der Waals surface area contributed by atoms with Crippen molar-refractivity contribution in [3.63, 3.8) is 0 Å². The summed E-state index contributed by atoms with van der Waals surface area (Å²) >= 11 is 3.47. The number of hydrogen-bond donors (Lipinski definition) is 1. The van der Waals surface area contributed by atoms with Gasteiger partial charge < -0.3 is 9.72 Å². The Labute approximate surface area is 205 Å². The summed E-state index contributed by atoms with van der Waals surface area (Å²) < 4.78 is 6.65. The van der Waals surface area contributed by atoms with Crippen molar-refractivity contribution >= 4 is 44.1 Å². The van der Waals surface area contributed by atoms with Gasteiger partial charge in [-0.2, -0.15) is 0 Å². The number of halogens is 1. The Bertz CT molecular complexity index is 1530. The number of rotatable bonds is 2. The maximum Gasteiger partial charge on any atom is 0.411 e. The Kier molecular flexibility index (Phi) is 4.68. The number of aromatic nitrogens is 4. The van der Waals surface area contributed by atoms with E-state index in [2.05, 4.69) is 37.7 Å². The third kappa shape index (κ3) is 3.61. The van der Waals surface area contributed by atoms with Crippen molar-refractivity contribution in [1.82, 2.24) is 24.8 Å². The van der Waals surface area contributed by atoms with Gasteiger partial charge >= 0.3 is 6.09 Å². The van der Waals surface area contributed by atoms with Crippen LogP contribution in [0.4, 0.5) is 4.79 Å². The van der Waals surface area contributed by atoms with Gasteiger partial charge in [0.25, 0.3) is 0 Å². The predicted molar refractivity (Wildman–Crippen MR) is 133 cm³/mol. The number of ether oxygens (including phenoxy) is 1. The van der Waals surface area contributed by atoms with Crippen molar-refractivity contribution in [2.45, 2.75) is 44.9 Å². The summed E-state index contributed by atoms with van der Waals surface area (Å²) in [4.78, 5) is 32.3. The van der Waals surface area contributed by atoms with Gasteiger partial charge in [-0.3, -0.25) is 9.88 Å². The van der Waals surface area contributed by atoms with Gasteiger partial charge in [-0.05, 0) is 57.5 Å². The number of carbonyl (C=O) groups excluding carboxylic acids is 1. The van der Waals surface area contributed by atoms with E-state index < -0.39 is 5.60 Å². The average Bonchev–Trinajstić information content (AvgIpc) is 3.29. The summed E-state index contributed by atoms with van der Waals surface area (Å²) in [6.45, 7) is 5.62. The fourth-order valence-corrected chi connectivity index (χ4v) is 4.89. The monoisotopic (exact) mass is 515 g/mol. The standard InChI is InChI=1S/C26H22BrN5O2/c1-26(2,3)34-25(33)32-22-9-5-15(22)11-23(32)24-30-18-7-4-14(10-20(18)31-24)21-13-28-19-12-16(27)6-8-17(19)29-21/h4,6-8,10,12-13,15,22-23H,11H2,1-3H3,(H,30,31)/t15-,22-,23+/m1/s1. The third-order valence-electron chi connectivity index (χ3n) is 6.13. The van der Waals surface area contributed by atoms with E-state index >= 15 is 0 Å². The summed E-state index contributed by atoms with van der Waals surface area (Å²) in [6.07, 6.45) is 2.18. The first kappa shape index (κ1) is 21.1. The molecular weight excluding hydrogens is 494 g/mol. The molecule has 1 aliphatic heterocycles. The zero-order valence-corrected chi connectivity index (χ0v) is 20.5. The van der Waals surface area contributed by atoms with Gasteiger partial charge in [0.15, 0.2) is 0 Å². The number of nitrogens with one attached hydrogen (secondary N) is 1. The molecule has 2 aromatic carbocycles. The maximum atomic E-state index is 13.0. The van der Waals surface area contributed by atoms with Crippen LogP contribution in [0.1, 0.15) is 39.1 Å². The van der Waals surface area contributed by atoms with E-state index in [9.17, 15) is 4.79 Å². The molecule has 34 heavy (non-hydrogen) atoms. The second-order valence-corrected chi connectivity index (χ2v) is 10.6. The second-order valence-electron chi connectivity index (χ2n) is 9.72. The molecule has 2 aliphatic rings. The highest BCUT2D eigenvalue weighted by molar-refractivity contribution is 9.10. The molecule has 4 aromatic rings. The number of amides is 1. The molecule has 3 heterocycles. The van der Waals surface area contributed by atoms with Gasteiger partial charge in [0.1, 0.15) is 17.5 Å². The van der Waals surface area contributed by atoms with Gasteiger partial charge in [0.2, 0.25) is 0 Å². The minimum Gasteiger partial charge on any atom is -0.444 e. The van der Waals surface area contributed by atoms with E-state index in [1.807, 2.05) is 57.2 Å². The Morgan fingerprint density at radius 1 is 1.12 bits per heavy atom. The lowest BCUT2D eigenvalue weighted by atomic mass is 9.92. The van der Waals surface area contributed by atoms with Gasteiger partial charge in [0.05, 0.1) is 45.9 Å². The van der Waals surface area contributed by atoms with E-state index in [-0.39, 0.29) is 24.1 Å². The highest BCUT2D eigenvalue weighted by atomic mass is 79.9. The highest BCUT2D eigenvalue weighted by Gasteiger charge is 2.49. The Balaban J connectivity index is 1.34. The number of aromatic amines is 1. The van der Waals surface area contributed by atoms with E-state index in [4.69, 9.17) is 14.7 Å². The first-order chi connectivity index (χ1) is 16.2. The molecule has 170 valence electrons. The second kappa shape index (κ2) is 7.54. The molecule has 6 rings (SSSR count). The smallest absolute Gasteiger partial charge is 0.411 e. The van der Waals surface area contributed by atoms with Crippen molar-refractivity contribution in [2.24, 2.45) is 5.92 Å². The zero-order valence-electron chi connectivity index (χ0n) is 19.0. The normalized spacial score (nSPS) is 21.2. The van der Waals surface area contributed by atoms with Crippen LogP contribution in [-0.2, 0) is 4.74 Å². The van der Waals surface area contributed by atoms with Gasteiger partial charge in [-0.1, -0.05) is 33.8 Å². The molecule has 0 saturated carbocycles. The molecule has 1 saturated heterocycles. The topological polar surface area (TPSA) is 84.0 Å². The molecule has 8 heteroatoms. The van der Waals surface area contributed by atoms with Crippen LogP contribution >= 0.6 is 15.9 Å². The number of likely N-dealkylation sites (tertiary alicyclic amines) is 1. The third-order valence-corrected chi connectivity index (χ3v) is 6.62. The summed E-state index contributed by atoms with van der Waals surface area (Å²) in [5, 5.41) is 0. The highest BCUT2D eigenvalue weighted by Crippen LogP contribution is 2.43. The van der Waals surface area contributed by atoms with Crippen molar-refractivity contribution in [3.8, 4) is 23.1 Å². The molecule has 2 aromatic heterocycles. The van der Waals surface area contributed by atoms with E-state index in [1.54, 1.807) is 11.1 Å². The summed E-state index contributed by atoms with van der Waals surface area (Å²) in [6, 6.07) is 11.5. The van der Waals surface area contributed by atoms with Crippen LogP contribution in [0.3, 0.4) is 0 Å². The van der Waals surface area contributed by atoms with Crippen LogP contribution in [0.25, 0.3) is 33.3 Å². The van der Waals surface area contributed by atoms with Crippen molar-refractivity contribution in [1.29, 1.82) is 0 Å². The van der Waals surface area contributed by atoms with Gasteiger partial charge in [0, 0.05) is 10.0 Å². The molecule has 1 fully saturated rings. The largest absolute Gasteiger partial charge is 0.444 e. The predicted octanol–water partition coefficient (Wildman–Crippen LogP) is 5.62. The average molecular weight is 516 g/mol. The minimum absolute atomic E-state index is 0.114. The molecule has 3 atom stereocenters. The van der Waals surface area contributed by atoms with Crippen LogP contribution in [0.2, 0.25) is 0 Å². The minimum atomic E-state index is -0.573. The number of H-pyrrole nitrogens is 1. The number of nitrogens with zero attached hydrogens (tertiary/aromatic N) is 4. The summed E-state index contributed by atoms with van der Waals surface area (Å²) in [5.74, 6) is 7.20. The molecule has 7 nitrogen and oxygen atoms in total. The Morgan fingerprint density at radius 2 is 1.94 bits per heavy atom. The first-order valence-electron chi connectivity index (χ1n) is 11.2. The lowest BCUT2D eigenvalue weighted by molar-refractivity contribution is 0.0168. The van der Waals surface area contributed by atoms with Gasteiger partial charge in [-0.15, -0.1) is 0 Å². The van der Waals surface area contributed by atoms with E-state index in [1.165, 1.54) is 0 Å². The molecule has 0 unspecified atom stereocenters. The molecule has 1 amide bonds. The number of fused-ring (bicyclic) bond motifs is 3. The SMILES string of the molecule is CC(C)(C)OC(=O)N1[C@@H]2C#C[C@@H]2C[C@H]1c1nc2ccc(-c3cnc4cc(Br)ccc4n3)cc2[nH]1. The first-order valence-corrected chi connectivity index (χ1v) is 12.0. The number of benzene rings is 2. The number of carbonyl (C=O) groups is 1. The van der Waals surface area contributed by atoms with Crippen LogP contribution in [0.15, 0.2) is 47.1 Å².